The molecule has 0 radical (unpaired) electrons. The van der Waals surface area contributed by atoms with Gasteiger partial charge in [-0.25, -0.2) is 4.39 Å². The van der Waals surface area contributed by atoms with Crippen LogP contribution < -0.4 is 10.1 Å². The Balaban J connectivity index is 1.82. The van der Waals surface area contributed by atoms with Crippen LogP contribution in [0.15, 0.2) is 46.9 Å². The highest BCUT2D eigenvalue weighted by atomic mass is 79.9. The van der Waals surface area contributed by atoms with Gasteiger partial charge >= 0.3 is 0 Å². The summed E-state index contributed by atoms with van der Waals surface area (Å²) in [6.07, 6.45) is 0. The molecule has 19 heavy (non-hydrogen) atoms. The van der Waals surface area contributed by atoms with E-state index in [9.17, 15) is 4.39 Å². The van der Waals surface area contributed by atoms with Gasteiger partial charge in [-0.05, 0) is 36.4 Å². The predicted octanol–water partition coefficient (Wildman–Crippen LogP) is 4.73. The molecule has 0 spiro atoms. The van der Waals surface area contributed by atoms with Crippen molar-refractivity contribution in [1.29, 1.82) is 0 Å². The second-order valence-electron chi connectivity index (χ2n) is 3.86. The van der Waals surface area contributed by atoms with E-state index in [4.69, 9.17) is 16.3 Å². The molecule has 2 aromatic carbocycles. The lowest BCUT2D eigenvalue weighted by Crippen LogP contribution is -2.12. The fraction of sp³-hybridized carbons (Fsp3) is 0.143. The molecule has 2 rings (SSSR count). The molecule has 0 atom stereocenters. The number of anilines is 1. The minimum Gasteiger partial charge on any atom is -0.489 e. The van der Waals surface area contributed by atoms with Gasteiger partial charge in [0.1, 0.15) is 6.61 Å². The summed E-state index contributed by atoms with van der Waals surface area (Å²) in [5.41, 5.74) is 0.908. The average Bonchev–Trinajstić information content (AvgIpc) is 2.39. The lowest BCUT2D eigenvalue weighted by atomic mass is 10.3. The molecule has 0 unspecified atom stereocenters. The Morgan fingerprint density at radius 1 is 1.21 bits per heavy atom. The molecule has 0 saturated carbocycles. The molecule has 2 aromatic rings. The summed E-state index contributed by atoms with van der Waals surface area (Å²) >= 11 is 9.14. The van der Waals surface area contributed by atoms with Crippen LogP contribution in [0.25, 0.3) is 0 Å². The first kappa shape index (κ1) is 14.2. The largest absolute Gasteiger partial charge is 0.489 e. The Hall–Kier alpha value is -1.26. The molecule has 0 amide bonds. The van der Waals surface area contributed by atoms with Crippen LogP contribution in [0.4, 0.5) is 10.1 Å². The fourth-order valence-corrected chi connectivity index (χ4v) is 2.07. The Morgan fingerprint density at radius 2 is 2.05 bits per heavy atom. The number of nitrogens with one attached hydrogen (secondary N) is 1. The number of hydrogen-bond acceptors (Lipinski definition) is 2. The lowest BCUT2D eigenvalue weighted by Gasteiger charge is -2.09. The molecule has 1 N–H and O–H groups in total. The van der Waals surface area contributed by atoms with E-state index >= 15 is 0 Å². The van der Waals surface area contributed by atoms with E-state index in [-0.39, 0.29) is 11.6 Å². The maximum Gasteiger partial charge on any atom is 0.165 e. The standard InChI is InChI=1S/C14H12BrClFNO/c15-10-4-5-13(17)14(8-10)19-7-6-18-12-3-1-2-11(16)9-12/h1-5,8-9,18H,6-7H2. The van der Waals surface area contributed by atoms with Crippen molar-refractivity contribution < 1.29 is 9.13 Å². The first-order chi connectivity index (χ1) is 9.15. The van der Waals surface area contributed by atoms with Crippen LogP contribution in [0.3, 0.4) is 0 Å². The van der Waals surface area contributed by atoms with Gasteiger partial charge in [0.05, 0.1) is 0 Å². The molecule has 0 heterocycles. The third-order valence-corrected chi connectivity index (χ3v) is 3.13. The van der Waals surface area contributed by atoms with Crippen molar-refractivity contribution in [3.8, 4) is 5.75 Å². The van der Waals surface area contributed by atoms with Gasteiger partial charge in [0.2, 0.25) is 0 Å². The zero-order chi connectivity index (χ0) is 13.7. The lowest BCUT2D eigenvalue weighted by molar-refractivity contribution is 0.315. The molecule has 0 aliphatic heterocycles. The highest BCUT2D eigenvalue weighted by Gasteiger charge is 2.03. The maximum absolute atomic E-state index is 13.4. The molecule has 0 saturated heterocycles. The van der Waals surface area contributed by atoms with E-state index in [1.54, 1.807) is 18.2 Å². The van der Waals surface area contributed by atoms with Crippen molar-refractivity contribution in [3.05, 3.63) is 57.8 Å². The summed E-state index contributed by atoms with van der Waals surface area (Å²) in [7, 11) is 0. The molecule has 5 heteroatoms. The summed E-state index contributed by atoms with van der Waals surface area (Å²) in [4.78, 5) is 0. The van der Waals surface area contributed by atoms with E-state index in [0.717, 1.165) is 10.2 Å². The van der Waals surface area contributed by atoms with Crippen LogP contribution in [0.1, 0.15) is 0 Å². The van der Waals surface area contributed by atoms with Gasteiger partial charge < -0.3 is 10.1 Å². The van der Waals surface area contributed by atoms with Crippen molar-refractivity contribution in [2.75, 3.05) is 18.5 Å². The van der Waals surface area contributed by atoms with E-state index in [2.05, 4.69) is 21.2 Å². The molecule has 0 aliphatic carbocycles. The van der Waals surface area contributed by atoms with Crippen LogP contribution >= 0.6 is 27.5 Å². The summed E-state index contributed by atoms with van der Waals surface area (Å²) < 4.78 is 19.5. The molecular weight excluding hydrogens is 333 g/mol. The highest BCUT2D eigenvalue weighted by molar-refractivity contribution is 9.10. The Bertz CT molecular complexity index is 565. The van der Waals surface area contributed by atoms with Gasteiger partial charge in [-0.15, -0.1) is 0 Å². The van der Waals surface area contributed by atoms with E-state index in [0.29, 0.717) is 18.2 Å². The van der Waals surface area contributed by atoms with E-state index in [1.807, 2.05) is 18.2 Å². The van der Waals surface area contributed by atoms with Gasteiger partial charge in [-0.2, -0.15) is 0 Å². The van der Waals surface area contributed by atoms with Crippen molar-refractivity contribution in [1.82, 2.24) is 0 Å². The van der Waals surface area contributed by atoms with Crippen LogP contribution in [0.5, 0.6) is 5.75 Å². The quantitative estimate of drug-likeness (QED) is 0.792. The number of benzene rings is 2. The summed E-state index contributed by atoms with van der Waals surface area (Å²) in [5.74, 6) is -0.131. The molecule has 0 aliphatic rings. The van der Waals surface area contributed by atoms with Crippen molar-refractivity contribution in [2.45, 2.75) is 0 Å². The topological polar surface area (TPSA) is 21.3 Å². The second-order valence-corrected chi connectivity index (χ2v) is 5.21. The zero-order valence-electron chi connectivity index (χ0n) is 10.00. The third-order valence-electron chi connectivity index (χ3n) is 2.41. The van der Waals surface area contributed by atoms with E-state index < -0.39 is 0 Å². The molecule has 0 bridgehead atoms. The third kappa shape index (κ3) is 4.40. The molecule has 0 fully saturated rings. The fourth-order valence-electron chi connectivity index (χ4n) is 1.54. The average molecular weight is 345 g/mol. The van der Waals surface area contributed by atoms with Gasteiger partial charge in [0, 0.05) is 21.7 Å². The van der Waals surface area contributed by atoms with Crippen molar-refractivity contribution in [2.24, 2.45) is 0 Å². The smallest absolute Gasteiger partial charge is 0.165 e. The summed E-state index contributed by atoms with van der Waals surface area (Å²) in [6, 6.07) is 12.0. The van der Waals surface area contributed by atoms with Crippen LogP contribution in [-0.4, -0.2) is 13.2 Å². The number of ether oxygens (including phenoxy) is 1. The Kier molecular flexibility index (Phi) is 5.05. The number of halogens is 3. The van der Waals surface area contributed by atoms with Crippen LogP contribution in [-0.2, 0) is 0 Å². The van der Waals surface area contributed by atoms with Gasteiger partial charge in [-0.3, -0.25) is 0 Å². The molecule has 0 aromatic heterocycles. The van der Waals surface area contributed by atoms with Gasteiger partial charge in [0.25, 0.3) is 0 Å². The van der Waals surface area contributed by atoms with Crippen molar-refractivity contribution in [3.63, 3.8) is 0 Å². The molecular formula is C14H12BrClFNO. The monoisotopic (exact) mass is 343 g/mol. The first-order valence-electron chi connectivity index (χ1n) is 5.72. The molecule has 100 valence electrons. The zero-order valence-corrected chi connectivity index (χ0v) is 12.3. The number of rotatable bonds is 5. The van der Waals surface area contributed by atoms with Crippen LogP contribution in [0.2, 0.25) is 5.02 Å². The van der Waals surface area contributed by atoms with Crippen LogP contribution in [0, 0.1) is 5.82 Å². The Labute approximate surface area is 124 Å². The van der Waals surface area contributed by atoms with Gasteiger partial charge in [0.15, 0.2) is 11.6 Å². The minimum atomic E-state index is -0.369. The normalized spacial score (nSPS) is 10.3. The Morgan fingerprint density at radius 3 is 2.84 bits per heavy atom. The first-order valence-corrected chi connectivity index (χ1v) is 6.89. The summed E-state index contributed by atoms with van der Waals surface area (Å²) in [6.45, 7) is 0.923. The van der Waals surface area contributed by atoms with Gasteiger partial charge in [-0.1, -0.05) is 33.6 Å². The highest BCUT2D eigenvalue weighted by Crippen LogP contribution is 2.22. The predicted molar refractivity (Wildman–Crippen MR) is 79.5 cm³/mol. The maximum atomic E-state index is 13.4. The minimum absolute atomic E-state index is 0.238. The molecule has 2 nitrogen and oxygen atoms in total. The van der Waals surface area contributed by atoms with Crippen molar-refractivity contribution >= 4 is 33.2 Å². The second kappa shape index (κ2) is 6.78. The SMILES string of the molecule is Fc1ccc(Br)cc1OCCNc1cccc(Cl)c1. The summed E-state index contributed by atoms with van der Waals surface area (Å²) in [5, 5.41) is 3.82. The number of hydrogen-bond donors (Lipinski definition) is 1. The van der Waals surface area contributed by atoms with E-state index in [1.165, 1.54) is 6.07 Å².